The number of rotatable bonds is 2. The van der Waals surface area contributed by atoms with Gasteiger partial charge in [-0.2, -0.15) is 0 Å². The topological polar surface area (TPSA) is 26.0 Å². The fourth-order valence-electron chi connectivity index (χ4n) is 3.78. The summed E-state index contributed by atoms with van der Waals surface area (Å²) in [7, 11) is 0. The van der Waals surface area contributed by atoms with Crippen molar-refractivity contribution in [3.8, 4) is 0 Å². The molecule has 2 rings (SSSR count). The first kappa shape index (κ1) is 12.4. The van der Waals surface area contributed by atoms with Gasteiger partial charge in [-0.1, -0.05) is 51.4 Å². The molecule has 0 heterocycles. The average Bonchev–Trinajstić information content (AvgIpc) is 2.73. The van der Waals surface area contributed by atoms with Gasteiger partial charge in [-0.3, -0.25) is 0 Å². The van der Waals surface area contributed by atoms with Gasteiger partial charge in [0.15, 0.2) is 0 Å². The molecular formula is C15H29N. The second-order valence-electron chi connectivity index (χ2n) is 6.08. The SMILES string of the molecule is NC(C1CCCCCC1)C1CCCCCC1. The molecule has 2 fully saturated rings. The lowest BCUT2D eigenvalue weighted by atomic mass is 9.81. The first-order valence-electron chi connectivity index (χ1n) is 7.63. The summed E-state index contributed by atoms with van der Waals surface area (Å²) in [5, 5.41) is 0. The van der Waals surface area contributed by atoms with Crippen molar-refractivity contribution in [2.24, 2.45) is 17.6 Å². The summed E-state index contributed by atoms with van der Waals surface area (Å²) < 4.78 is 0. The van der Waals surface area contributed by atoms with E-state index in [1.165, 1.54) is 77.0 Å². The Morgan fingerprint density at radius 3 is 1.19 bits per heavy atom. The van der Waals surface area contributed by atoms with Crippen LogP contribution in [-0.4, -0.2) is 6.04 Å². The third-order valence-electron chi connectivity index (χ3n) is 4.89. The van der Waals surface area contributed by atoms with E-state index >= 15 is 0 Å². The lowest BCUT2D eigenvalue weighted by molar-refractivity contribution is 0.261. The molecule has 2 saturated carbocycles. The van der Waals surface area contributed by atoms with Gasteiger partial charge in [0.2, 0.25) is 0 Å². The molecule has 2 aliphatic carbocycles. The predicted molar refractivity (Wildman–Crippen MR) is 70.4 cm³/mol. The normalized spacial score (nSPS) is 26.6. The minimum atomic E-state index is 0.524. The lowest BCUT2D eigenvalue weighted by Crippen LogP contribution is -2.37. The summed E-state index contributed by atoms with van der Waals surface area (Å²) >= 11 is 0. The zero-order chi connectivity index (χ0) is 11.2. The number of hydrogen-bond acceptors (Lipinski definition) is 1. The molecule has 0 amide bonds. The van der Waals surface area contributed by atoms with Crippen LogP contribution in [0.2, 0.25) is 0 Å². The van der Waals surface area contributed by atoms with E-state index in [9.17, 15) is 0 Å². The van der Waals surface area contributed by atoms with E-state index in [1.807, 2.05) is 0 Å². The molecule has 2 aliphatic rings. The summed E-state index contributed by atoms with van der Waals surface area (Å²) in [6, 6.07) is 0.524. The molecule has 2 N–H and O–H groups in total. The summed E-state index contributed by atoms with van der Waals surface area (Å²) in [6.45, 7) is 0. The number of hydrogen-bond donors (Lipinski definition) is 1. The van der Waals surface area contributed by atoms with Gasteiger partial charge in [-0.25, -0.2) is 0 Å². The maximum Gasteiger partial charge on any atom is 0.00956 e. The van der Waals surface area contributed by atoms with Gasteiger partial charge >= 0.3 is 0 Å². The molecule has 0 saturated heterocycles. The van der Waals surface area contributed by atoms with Crippen molar-refractivity contribution >= 4 is 0 Å². The highest BCUT2D eigenvalue weighted by Gasteiger charge is 2.27. The monoisotopic (exact) mass is 223 g/mol. The Bertz CT molecular complexity index is 154. The average molecular weight is 223 g/mol. The van der Waals surface area contributed by atoms with Crippen LogP contribution in [0.1, 0.15) is 77.0 Å². The predicted octanol–water partition coefficient (Wildman–Crippen LogP) is 4.25. The van der Waals surface area contributed by atoms with Crippen molar-refractivity contribution in [1.29, 1.82) is 0 Å². The molecule has 0 aromatic rings. The molecule has 1 nitrogen and oxygen atoms in total. The maximum absolute atomic E-state index is 6.56. The fourth-order valence-corrected chi connectivity index (χ4v) is 3.78. The second kappa shape index (κ2) is 6.64. The van der Waals surface area contributed by atoms with Gasteiger partial charge in [0.25, 0.3) is 0 Å². The molecule has 94 valence electrons. The Labute approximate surface area is 101 Å². The van der Waals surface area contributed by atoms with Gasteiger partial charge in [0, 0.05) is 6.04 Å². The maximum atomic E-state index is 6.56. The van der Waals surface area contributed by atoms with E-state index in [2.05, 4.69) is 0 Å². The quantitative estimate of drug-likeness (QED) is 0.696. The van der Waals surface area contributed by atoms with E-state index in [0.29, 0.717) is 6.04 Å². The zero-order valence-electron chi connectivity index (χ0n) is 10.8. The zero-order valence-corrected chi connectivity index (χ0v) is 10.8. The van der Waals surface area contributed by atoms with Gasteiger partial charge < -0.3 is 5.73 Å². The molecule has 16 heavy (non-hydrogen) atoms. The second-order valence-corrected chi connectivity index (χ2v) is 6.08. The summed E-state index contributed by atoms with van der Waals surface area (Å²) in [6.07, 6.45) is 17.2. The summed E-state index contributed by atoms with van der Waals surface area (Å²) in [4.78, 5) is 0. The van der Waals surface area contributed by atoms with Crippen LogP contribution in [0.3, 0.4) is 0 Å². The van der Waals surface area contributed by atoms with Crippen LogP contribution in [0.15, 0.2) is 0 Å². The molecular weight excluding hydrogens is 194 g/mol. The van der Waals surface area contributed by atoms with Crippen LogP contribution in [0.5, 0.6) is 0 Å². The van der Waals surface area contributed by atoms with E-state index in [0.717, 1.165) is 11.8 Å². The van der Waals surface area contributed by atoms with E-state index < -0.39 is 0 Å². The van der Waals surface area contributed by atoms with E-state index in [-0.39, 0.29) is 0 Å². The van der Waals surface area contributed by atoms with Crippen LogP contribution in [0.25, 0.3) is 0 Å². The summed E-state index contributed by atoms with van der Waals surface area (Å²) in [5.41, 5.74) is 6.56. The Kier molecular flexibility index (Phi) is 5.15. The molecule has 0 aromatic heterocycles. The van der Waals surface area contributed by atoms with Crippen LogP contribution < -0.4 is 5.73 Å². The minimum absolute atomic E-state index is 0.524. The Morgan fingerprint density at radius 2 is 0.875 bits per heavy atom. The highest BCUT2D eigenvalue weighted by Crippen LogP contribution is 2.33. The summed E-state index contributed by atoms with van der Waals surface area (Å²) in [5.74, 6) is 1.70. The Hall–Kier alpha value is -0.0400. The number of nitrogens with two attached hydrogens (primary N) is 1. The van der Waals surface area contributed by atoms with Crippen LogP contribution >= 0.6 is 0 Å². The molecule has 0 bridgehead atoms. The van der Waals surface area contributed by atoms with Crippen LogP contribution in [-0.2, 0) is 0 Å². The van der Waals surface area contributed by atoms with Crippen molar-refractivity contribution in [3.63, 3.8) is 0 Å². The molecule has 0 radical (unpaired) electrons. The third-order valence-corrected chi connectivity index (χ3v) is 4.89. The van der Waals surface area contributed by atoms with Crippen molar-refractivity contribution in [3.05, 3.63) is 0 Å². The Balaban J connectivity index is 1.85. The lowest BCUT2D eigenvalue weighted by Gasteiger charge is -2.29. The molecule has 1 heteroatoms. The fraction of sp³-hybridized carbons (Fsp3) is 1.00. The van der Waals surface area contributed by atoms with Crippen molar-refractivity contribution in [2.45, 2.75) is 83.1 Å². The standard InChI is InChI=1S/C15H29N/c16-15(13-9-5-1-2-6-10-13)14-11-7-3-4-8-12-14/h13-15H,1-12,16H2. The van der Waals surface area contributed by atoms with Crippen LogP contribution in [0, 0.1) is 11.8 Å². The van der Waals surface area contributed by atoms with Crippen molar-refractivity contribution in [1.82, 2.24) is 0 Å². The largest absolute Gasteiger partial charge is 0.327 e. The highest BCUT2D eigenvalue weighted by atomic mass is 14.7. The van der Waals surface area contributed by atoms with Gasteiger partial charge in [0.05, 0.1) is 0 Å². The van der Waals surface area contributed by atoms with Gasteiger partial charge in [-0.15, -0.1) is 0 Å². The van der Waals surface area contributed by atoms with Gasteiger partial charge in [-0.05, 0) is 37.5 Å². The molecule has 0 aromatic carbocycles. The smallest absolute Gasteiger partial charge is 0.00956 e. The highest BCUT2D eigenvalue weighted by molar-refractivity contribution is 4.82. The van der Waals surface area contributed by atoms with E-state index in [1.54, 1.807) is 0 Å². The first-order valence-corrected chi connectivity index (χ1v) is 7.63. The molecule has 0 aliphatic heterocycles. The Morgan fingerprint density at radius 1 is 0.562 bits per heavy atom. The van der Waals surface area contributed by atoms with Crippen molar-refractivity contribution in [2.75, 3.05) is 0 Å². The van der Waals surface area contributed by atoms with Gasteiger partial charge in [0.1, 0.15) is 0 Å². The minimum Gasteiger partial charge on any atom is -0.327 e. The van der Waals surface area contributed by atoms with Crippen LogP contribution in [0.4, 0.5) is 0 Å². The van der Waals surface area contributed by atoms with E-state index in [4.69, 9.17) is 5.73 Å². The first-order chi connectivity index (χ1) is 7.88. The molecule has 0 unspecified atom stereocenters. The molecule has 0 spiro atoms. The third kappa shape index (κ3) is 3.48. The van der Waals surface area contributed by atoms with Crippen molar-refractivity contribution < 1.29 is 0 Å². The molecule has 0 atom stereocenters.